The van der Waals surface area contributed by atoms with Gasteiger partial charge in [0.05, 0.1) is 6.61 Å². The molecule has 1 atom stereocenters. The van der Waals surface area contributed by atoms with E-state index in [1.165, 1.54) is 96.3 Å². The van der Waals surface area contributed by atoms with Crippen LogP contribution in [0.15, 0.2) is 0 Å². The van der Waals surface area contributed by atoms with E-state index >= 15 is 0 Å². The molecule has 0 aromatic heterocycles. The Hall–Kier alpha value is -1.59. The Bertz CT molecular complexity index is 537. The molecule has 0 aromatic carbocycles. The first kappa shape index (κ1) is 34.4. The molecule has 6 nitrogen and oxygen atoms in total. The van der Waals surface area contributed by atoms with Gasteiger partial charge in [-0.05, 0) is 19.3 Å². The fourth-order valence-electron chi connectivity index (χ4n) is 4.41. The van der Waals surface area contributed by atoms with E-state index in [9.17, 15) is 19.5 Å². The van der Waals surface area contributed by atoms with Crippen LogP contribution in [-0.2, 0) is 19.1 Å². The molecule has 0 saturated heterocycles. The average Bonchev–Trinajstić information content (AvgIpc) is 2.86. The first-order valence-electron chi connectivity index (χ1n) is 15.2. The topological polar surface area (TPSA) is 92.7 Å². The van der Waals surface area contributed by atoms with Gasteiger partial charge in [-0.2, -0.15) is 0 Å². The fraction of sp³-hybridized carbons (Fsp3) is 0.900. The summed E-state index contributed by atoms with van der Waals surface area (Å²) in [5.74, 6) is -1.74. The van der Waals surface area contributed by atoms with E-state index in [2.05, 4.69) is 19.2 Å². The van der Waals surface area contributed by atoms with Crippen molar-refractivity contribution in [2.45, 2.75) is 168 Å². The van der Waals surface area contributed by atoms with Gasteiger partial charge in [0, 0.05) is 12.8 Å². The maximum absolute atomic E-state index is 12.1. The third-order valence-electron chi connectivity index (χ3n) is 6.79. The van der Waals surface area contributed by atoms with Crippen molar-refractivity contribution in [1.82, 2.24) is 5.32 Å². The summed E-state index contributed by atoms with van der Waals surface area (Å²) in [6.45, 7) is 4.84. The molecular formula is C30H57NO5. The summed E-state index contributed by atoms with van der Waals surface area (Å²) in [7, 11) is 0. The molecule has 2 N–H and O–H groups in total. The molecule has 0 heterocycles. The zero-order chi connectivity index (χ0) is 26.7. The molecule has 0 fully saturated rings. The van der Waals surface area contributed by atoms with Crippen LogP contribution in [0, 0.1) is 0 Å². The van der Waals surface area contributed by atoms with Gasteiger partial charge in [0.1, 0.15) is 6.04 Å². The molecule has 0 aliphatic heterocycles. The summed E-state index contributed by atoms with van der Waals surface area (Å²) in [4.78, 5) is 35.6. The van der Waals surface area contributed by atoms with Crippen LogP contribution < -0.4 is 5.32 Å². The van der Waals surface area contributed by atoms with Crippen molar-refractivity contribution in [3.8, 4) is 0 Å². The predicted molar refractivity (Wildman–Crippen MR) is 148 cm³/mol. The number of esters is 1. The summed E-state index contributed by atoms with van der Waals surface area (Å²) >= 11 is 0. The van der Waals surface area contributed by atoms with Crippen molar-refractivity contribution in [2.24, 2.45) is 0 Å². The lowest BCUT2D eigenvalue weighted by Crippen LogP contribution is -2.41. The number of carbonyl (C=O) groups excluding carboxylic acids is 2. The van der Waals surface area contributed by atoms with Crippen molar-refractivity contribution < 1.29 is 24.2 Å². The lowest BCUT2D eigenvalue weighted by molar-refractivity contribution is -0.145. The van der Waals surface area contributed by atoms with E-state index < -0.39 is 12.0 Å². The van der Waals surface area contributed by atoms with Crippen LogP contribution in [0.2, 0.25) is 0 Å². The van der Waals surface area contributed by atoms with Crippen molar-refractivity contribution in [3.63, 3.8) is 0 Å². The third-order valence-corrected chi connectivity index (χ3v) is 6.79. The number of amides is 1. The van der Waals surface area contributed by atoms with Crippen LogP contribution >= 0.6 is 0 Å². The van der Waals surface area contributed by atoms with Crippen LogP contribution in [-0.4, -0.2) is 35.6 Å². The summed E-state index contributed by atoms with van der Waals surface area (Å²) in [5, 5.41) is 12.0. The average molecular weight is 512 g/mol. The summed E-state index contributed by atoms with van der Waals surface area (Å²) in [6, 6.07) is -1.04. The number of unbranched alkanes of at least 4 members (excludes halogenated alkanes) is 18. The van der Waals surface area contributed by atoms with E-state index in [1.54, 1.807) is 0 Å². The van der Waals surface area contributed by atoms with Gasteiger partial charge < -0.3 is 15.2 Å². The molecule has 212 valence electrons. The van der Waals surface area contributed by atoms with Crippen molar-refractivity contribution >= 4 is 17.8 Å². The van der Waals surface area contributed by atoms with Crippen molar-refractivity contribution in [1.29, 1.82) is 0 Å². The molecule has 0 aliphatic carbocycles. The van der Waals surface area contributed by atoms with Gasteiger partial charge in [-0.25, -0.2) is 4.79 Å². The predicted octanol–water partition coefficient (Wildman–Crippen LogP) is 8.11. The molecular weight excluding hydrogens is 454 g/mol. The Labute approximate surface area is 221 Å². The minimum absolute atomic E-state index is 0.00725. The lowest BCUT2D eigenvalue weighted by Gasteiger charge is -2.14. The van der Waals surface area contributed by atoms with Crippen LogP contribution in [0.5, 0.6) is 0 Å². The standard InChI is InChI=1S/C30H57NO5/c1-3-5-7-9-11-13-14-16-18-20-22-26-36-29(33)25-24-27(30(34)35)31-28(32)23-21-19-17-15-12-10-8-6-4-2/h27H,3-26H2,1-2H3,(H,31,32)(H,34,35)/t27-/m0/s1. The largest absolute Gasteiger partial charge is 0.480 e. The first-order chi connectivity index (χ1) is 17.5. The monoisotopic (exact) mass is 511 g/mol. The van der Waals surface area contributed by atoms with Crippen molar-refractivity contribution in [2.75, 3.05) is 6.61 Å². The Morgan fingerprint density at radius 2 is 1.03 bits per heavy atom. The SMILES string of the molecule is CCCCCCCCCCCCCOC(=O)CC[C@H](NC(=O)CCCCCCCCCCC)C(=O)O. The number of carboxylic acid groups (broad SMARTS) is 1. The van der Waals surface area contributed by atoms with Crippen LogP contribution in [0.1, 0.15) is 162 Å². The van der Waals surface area contributed by atoms with Crippen LogP contribution in [0.4, 0.5) is 0 Å². The Kier molecular flexibility index (Phi) is 25.3. The fourth-order valence-corrected chi connectivity index (χ4v) is 4.41. The van der Waals surface area contributed by atoms with E-state index in [0.717, 1.165) is 32.1 Å². The minimum atomic E-state index is -1.10. The number of carboxylic acids is 1. The Balaban J connectivity index is 3.71. The van der Waals surface area contributed by atoms with Crippen LogP contribution in [0.25, 0.3) is 0 Å². The molecule has 36 heavy (non-hydrogen) atoms. The molecule has 0 saturated carbocycles. The van der Waals surface area contributed by atoms with Gasteiger partial charge in [-0.1, -0.05) is 129 Å². The number of nitrogens with one attached hydrogen (secondary N) is 1. The minimum Gasteiger partial charge on any atom is -0.480 e. The van der Waals surface area contributed by atoms with E-state index in [4.69, 9.17) is 4.74 Å². The Morgan fingerprint density at radius 3 is 1.47 bits per heavy atom. The van der Waals surface area contributed by atoms with Gasteiger partial charge in [0.2, 0.25) is 5.91 Å². The maximum atomic E-state index is 12.1. The number of hydrogen-bond donors (Lipinski definition) is 2. The Morgan fingerprint density at radius 1 is 0.611 bits per heavy atom. The lowest BCUT2D eigenvalue weighted by atomic mass is 10.1. The molecule has 0 spiro atoms. The first-order valence-corrected chi connectivity index (χ1v) is 15.2. The molecule has 0 bridgehead atoms. The van der Waals surface area contributed by atoms with E-state index in [1.807, 2.05) is 0 Å². The molecule has 0 unspecified atom stereocenters. The highest BCUT2D eigenvalue weighted by Gasteiger charge is 2.21. The number of carbonyl (C=O) groups is 3. The van der Waals surface area contributed by atoms with E-state index in [0.29, 0.717) is 13.0 Å². The van der Waals surface area contributed by atoms with Gasteiger partial charge in [0.25, 0.3) is 0 Å². The molecule has 6 heteroatoms. The number of rotatable bonds is 27. The van der Waals surface area contributed by atoms with Gasteiger partial charge >= 0.3 is 11.9 Å². The normalized spacial score (nSPS) is 11.8. The zero-order valence-corrected chi connectivity index (χ0v) is 23.6. The third kappa shape index (κ3) is 24.1. The summed E-state index contributed by atoms with van der Waals surface area (Å²) < 4.78 is 5.25. The molecule has 0 rings (SSSR count). The van der Waals surface area contributed by atoms with E-state index in [-0.39, 0.29) is 24.7 Å². The number of hydrogen-bond acceptors (Lipinski definition) is 4. The van der Waals surface area contributed by atoms with Crippen LogP contribution in [0.3, 0.4) is 0 Å². The highest BCUT2D eigenvalue weighted by Crippen LogP contribution is 2.12. The quantitative estimate of drug-likeness (QED) is 0.0858. The smallest absolute Gasteiger partial charge is 0.326 e. The zero-order valence-electron chi connectivity index (χ0n) is 23.6. The number of aliphatic carboxylic acids is 1. The summed E-state index contributed by atoms with van der Waals surface area (Å²) in [6.07, 6.45) is 24.5. The second-order valence-electron chi connectivity index (χ2n) is 10.3. The maximum Gasteiger partial charge on any atom is 0.326 e. The van der Waals surface area contributed by atoms with Gasteiger partial charge in [0.15, 0.2) is 0 Å². The highest BCUT2D eigenvalue weighted by atomic mass is 16.5. The molecule has 0 aromatic rings. The van der Waals surface area contributed by atoms with Gasteiger partial charge in [-0.3, -0.25) is 9.59 Å². The second-order valence-corrected chi connectivity index (χ2v) is 10.3. The van der Waals surface area contributed by atoms with Gasteiger partial charge in [-0.15, -0.1) is 0 Å². The highest BCUT2D eigenvalue weighted by molar-refractivity contribution is 5.84. The summed E-state index contributed by atoms with van der Waals surface area (Å²) in [5.41, 5.74) is 0. The number of ether oxygens (including phenoxy) is 1. The second kappa shape index (κ2) is 26.5. The molecule has 1 amide bonds. The molecule has 0 radical (unpaired) electrons. The van der Waals surface area contributed by atoms with Crippen molar-refractivity contribution in [3.05, 3.63) is 0 Å². The molecule has 0 aliphatic rings.